The first kappa shape index (κ1) is 25.2. The van der Waals surface area contributed by atoms with Crippen LogP contribution >= 0.6 is 0 Å². The zero-order chi connectivity index (χ0) is 22.7. The second-order valence-electron chi connectivity index (χ2n) is 7.32. The van der Waals surface area contributed by atoms with Gasteiger partial charge in [-0.15, -0.1) is 0 Å². The third kappa shape index (κ3) is 4.16. The highest BCUT2D eigenvalue weighted by Crippen LogP contribution is 2.44. The lowest BCUT2D eigenvalue weighted by Gasteiger charge is -2.53. The Morgan fingerprint density at radius 2 is 1.47 bits per heavy atom. The van der Waals surface area contributed by atoms with Crippen molar-refractivity contribution in [3.05, 3.63) is 0 Å². The first-order valence-corrected chi connectivity index (χ1v) is 9.35. The predicted molar refractivity (Wildman–Crippen MR) is 92.4 cm³/mol. The maximum absolute atomic E-state index is 11.8. The summed E-state index contributed by atoms with van der Waals surface area (Å²) in [5.41, 5.74) is 0. The van der Waals surface area contributed by atoms with E-state index in [2.05, 4.69) is 0 Å². The highest BCUT2D eigenvalue weighted by atomic mass is 16.8. The summed E-state index contributed by atoms with van der Waals surface area (Å²) in [6, 6.07) is 0. The maximum Gasteiger partial charge on any atom is 0.224 e. The van der Waals surface area contributed by atoms with Crippen LogP contribution < -0.4 is 0 Å². The second-order valence-corrected chi connectivity index (χ2v) is 7.32. The fourth-order valence-electron chi connectivity index (χ4n) is 3.77. The summed E-state index contributed by atoms with van der Waals surface area (Å²) in [5.74, 6) is -6.67. The van der Waals surface area contributed by atoms with Crippen LogP contribution in [0.1, 0.15) is 12.8 Å². The van der Waals surface area contributed by atoms with Crippen LogP contribution in [0.4, 0.5) is 0 Å². The molecule has 30 heavy (non-hydrogen) atoms. The molecule has 2 fully saturated rings. The summed E-state index contributed by atoms with van der Waals surface area (Å²) in [5, 5.41) is 80.2. The van der Waals surface area contributed by atoms with E-state index in [1.54, 1.807) is 0 Å². The van der Waals surface area contributed by atoms with Crippen LogP contribution in [0.25, 0.3) is 0 Å². The number of carbonyl (C=O) groups is 2. The smallest absolute Gasteiger partial charge is 0.224 e. The van der Waals surface area contributed by atoms with Crippen molar-refractivity contribution in [1.29, 1.82) is 0 Å². The lowest BCUT2D eigenvalue weighted by Crippen LogP contribution is -2.72. The van der Waals surface area contributed by atoms with E-state index >= 15 is 0 Å². The quantitative estimate of drug-likeness (QED) is 0.149. The lowest BCUT2D eigenvalue weighted by atomic mass is 9.82. The van der Waals surface area contributed by atoms with E-state index in [9.17, 15) is 50.4 Å². The van der Waals surface area contributed by atoms with Crippen molar-refractivity contribution < 1.29 is 64.7 Å². The molecule has 13 nitrogen and oxygen atoms in total. The number of hydrogen-bond acceptors (Lipinski definition) is 13. The minimum Gasteiger partial charge on any atom is -0.394 e. The van der Waals surface area contributed by atoms with E-state index in [0.29, 0.717) is 6.29 Å². The van der Waals surface area contributed by atoms with Gasteiger partial charge in [-0.3, -0.25) is 0 Å². The zero-order valence-electron chi connectivity index (χ0n) is 15.9. The Labute approximate surface area is 171 Å². The van der Waals surface area contributed by atoms with Crippen molar-refractivity contribution in [2.24, 2.45) is 5.92 Å². The first-order valence-electron chi connectivity index (χ1n) is 9.35. The molecule has 13 heteroatoms. The van der Waals surface area contributed by atoms with E-state index in [0.717, 1.165) is 0 Å². The predicted octanol–water partition coefficient (Wildman–Crippen LogP) is -5.23. The largest absolute Gasteiger partial charge is 0.394 e. The minimum atomic E-state index is -2.62. The molecule has 0 radical (unpaired) electrons. The number of carbonyl (C=O) groups excluding carboxylic acids is 2. The minimum absolute atomic E-state index is 0.218. The van der Waals surface area contributed by atoms with Crippen LogP contribution in [0, 0.1) is 5.92 Å². The first-order chi connectivity index (χ1) is 14.2. The zero-order valence-corrected chi connectivity index (χ0v) is 15.9. The highest BCUT2D eigenvalue weighted by Gasteiger charge is 2.65. The van der Waals surface area contributed by atoms with Crippen molar-refractivity contribution in [1.82, 2.24) is 0 Å². The molecule has 0 aromatic rings. The fourth-order valence-corrected chi connectivity index (χ4v) is 3.77. The lowest BCUT2D eigenvalue weighted by molar-refractivity contribution is -0.443. The third-order valence-corrected chi connectivity index (χ3v) is 5.50. The Balaban J connectivity index is 2.55. The van der Waals surface area contributed by atoms with Crippen molar-refractivity contribution in [3.63, 3.8) is 0 Å². The third-order valence-electron chi connectivity index (χ3n) is 5.50. The van der Waals surface area contributed by atoms with Crippen molar-refractivity contribution in [2.45, 2.75) is 67.1 Å². The molecule has 2 aliphatic rings. The van der Waals surface area contributed by atoms with E-state index in [-0.39, 0.29) is 19.1 Å². The number of ether oxygens (including phenoxy) is 3. The van der Waals surface area contributed by atoms with E-state index in [1.807, 2.05) is 0 Å². The molecule has 0 amide bonds. The molecule has 2 unspecified atom stereocenters. The van der Waals surface area contributed by atoms with Gasteiger partial charge in [0.1, 0.15) is 61.9 Å². The number of rotatable bonds is 10. The molecule has 0 aromatic carbocycles. The van der Waals surface area contributed by atoms with Crippen LogP contribution in [0.5, 0.6) is 0 Å². The number of hydrogen-bond donors (Lipinski definition) is 8. The molecular weight excluding hydrogens is 412 g/mol. The normalized spacial score (nSPS) is 45.3. The number of aliphatic hydroxyl groups excluding tert-OH is 8. The summed E-state index contributed by atoms with van der Waals surface area (Å²) in [6.45, 7) is -2.82. The van der Waals surface area contributed by atoms with Crippen LogP contribution in [0.15, 0.2) is 0 Å². The van der Waals surface area contributed by atoms with Crippen LogP contribution in [-0.4, -0.2) is 128 Å². The highest BCUT2D eigenvalue weighted by molar-refractivity contribution is 5.58. The van der Waals surface area contributed by atoms with Gasteiger partial charge in [0.25, 0.3) is 0 Å². The Morgan fingerprint density at radius 1 is 0.867 bits per heavy atom. The topological polar surface area (TPSA) is 224 Å². The van der Waals surface area contributed by atoms with Crippen LogP contribution in [-0.2, 0) is 23.8 Å². The van der Waals surface area contributed by atoms with Gasteiger partial charge >= 0.3 is 0 Å². The van der Waals surface area contributed by atoms with Gasteiger partial charge in [0, 0.05) is 6.42 Å². The molecule has 2 saturated heterocycles. The summed E-state index contributed by atoms with van der Waals surface area (Å²) in [4.78, 5) is 22.6. The molecule has 0 bridgehead atoms. The van der Waals surface area contributed by atoms with Gasteiger partial charge in [-0.05, 0) is 6.42 Å². The van der Waals surface area contributed by atoms with Gasteiger partial charge < -0.3 is 64.7 Å². The fraction of sp³-hybridized carbons (Fsp3) is 0.882. The average molecular weight is 440 g/mol. The Kier molecular flexibility index (Phi) is 8.40. The Bertz CT molecular complexity index is 588. The standard InChI is InChI=1S/C17H28O13/c18-3-1-2-8(4-19)17(15(27)13(25)11(23)9(5-20)29-17)30-16(7-22)14(26)12(24)10(6-21)28-16/h3-4,8-15,20-27H,1-2,5-7H2/t8?,9-,10-,11-,12-,13+,14+,15-,16?,17+/m1/s1. The number of aliphatic hydroxyl groups is 8. The number of aldehydes is 2. The molecule has 2 aliphatic heterocycles. The molecule has 0 aliphatic carbocycles. The second kappa shape index (κ2) is 10.0. The molecule has 0 aromatic heterocycles. The molecular formula is C17H28O13. The maximum atomic E-state index is 11.8. The Hall–Kier alpha value is -1.10. The van der Waals surface area contributed by atoms with Gasteiger partial charge in [-0.1, -0.05) is 0 Å². The van der Waals surface area contributed by atoms with E-state index < -0.39 is 80.0 Å². The van der Waals surface area contributed by atoms with Crippen LogP contribution in [0.3, 0.4) is 0 Å². The van der Waals surface area contributed by atoms with Crippen molar-refractivity contribution in [2.75, 3.05) is 19.8 Å². The van der Waals surface area contributed by atoms with E-state index in [4.69, 9.17) is 14.2 Å². The molecule has 2 rings (SSSR count). The molecule has 2 heterocycles. The van der Waals surface area contributed by atoms with Gasteiger partial charge in [0.05, 0.1) is 19.1 Å². The average Bonchev–Trinajstić information content (AvgIpc) is 3.00. The molecule has 174 valence electrons. The molecule has 0 saturated carbocycles. The van der Waals surface area contributed by atoms with Crippen molar-refractivity contribution >= 4 is 12.6 Å². The van der Waals surface area contributed by atoms with Gasteiger partial charge in [0.2, 0.25) is 11.6 Å². The van der Waals surface area contributed by atoms with Gasteiger partial charge in [-0.2, -0.15) is 0 Å². The van der Waals surface area contributed by atoms with Gasteiger partial charge in [0.15, 0.2) is 0 Å². The SMILES string of the molecule is O=CCCC(C=O)[C@@]1(OC2(CO)O[C@H](CO)[C@@H](O)[C@@H]2O)O[C@H](CO)[C@@H](O)[C@H](O)[C@H]1O. The summed E-state index contributed by atoms with van der Waals surface area (Å²) in [7, 11) is 0. The Morgan fingerprint density at radius 3 is 1.93 bits per heavy atom. The summed E-state index contributed by atoms with van der Waals surface area (Å²) < 4.78 is 16.4. The van der Waals surface area contributed by atoms with Crippen molar-refractivity contribution in [3.8, 4) is 0 Å². The van der Waals surface area contributed by atoms with Gasteiger partial charge in [-0.25, -0.2) is 0 Å². The molecule has 0 spiro atoms. The monoisotopic (exact) mass is 440 g/mol. The summed E-state index contributed by atoms with van der Waals surface area (Å²) in [6.07, 6.45) is -12.5. The van der Waals surface area contributed by atoms with Crippen LogP contribution in [0.2, 0.25) is 0 Å². The summed E-state index contributed by atoms with van der Waals surface area (Å²) >= 11 is 0. The van der Waals surface area contributed by atoms with E-state index in [1.165, 1.54) is 0 Å². The molecule has 8 N–H and O–H groups in total. The molecule has 10 atom stereocenters.